The summed E-state index contributed by atoms with van der Waals surface area (Å²) in [4.78, 5) is 24.6. The minimum Gasteiger partial charge on any atom is -0.481 e. The third-order valence-electron chi connectivity index (χ3n) is 3.60. The van der Waals surface area contributed by atoms with Crippen molar-refractivity contribution >= 4 is 17.4 Å². The van der Waals surface area contributed by atoms with Gasteiger partial charge >= 0.3 is 5.97 Å². The number of aliphatic carboxylic acids is 1. The SMILES string of the molecule is O=C(O)C1CN(C2CC2)c2c(ccc(F)c2F)C1=O. The molecule has 1 fully saturated rings. The third-order valence-corrected chi connectivity index (χ3v) is 3.60. The number of Topliss-reactive ketones (excluding diaryl/α,β-unsaturated/α-hetero) is 1. The number of benzene rings is 1. The number of carbonyl (C=O) groups is 2. The zero-order valence-electron chi connectivity index (χ0n) is 9.90. The van der Waals surface area contributed by atoms with Gasteiger partial charge in [0.1, 0.15) is 5.92 Å². The van der Waals surface area contributed by atoms with Crippen LogP contribution < -0.4 is 4.90 Å². The monoisotopic (exact) mass is 267 g/mol. The molecule has 1 unspecified atom stereocenters. The molecule has 19 heavy (non-hydrogen) atoms. The molecule has 1 aliphatic heterocycles. The van der Waals surface area contributed by atoms with Gasteiger partial charge in [0.05, 0.1) is 5.69 Å². The fraction of sp³-hybridized carbons (Fsp3) is 0.385. The summed E-state index contributed by atoms with van der Waals surface area (Å²) < 4.78 is 27.2. The maximum absolute atomic E-state index is 13.9. The van der Waals surface area contributed by atoms with Crippen LogP contribution in [-0.2, 0) is 4.79 Å². The van der Waals surface area contributed by atoms with E-state index in [0.717, 1.165) is 18.9 Å². The summed E-state index contributed by atoms with van der Waals surface area (Å²) >= 11 is 0. The van der Waals surface area contributed by atoms with Gasteiger partial charge in [-0.3, -0.25) is 9.59 Å². The molecule has 1 aromatic carbocycles. The van der Waals surface area contributed by atoms with Crippen molar-refractivity contribution in [2.45, 2.75) is 18.9 Å². The van der Waals surface area contributed by atoms with E-state index in [1.807, 2.05) is 0 Å². The first-order valence-electron chi connectivity index (χ1n) is 6.02. The smallest absolute Gasteiger partial charge is 0.316 e. The lowest BCUT2D eigenvalue weighted by atomic mass is 9.90. The maximum atomic E-state index is 13.9. The standard InChI is InChI=1S/C13H11F2NO3/c14-9-4-3-7-11(10(9)15)16(6-1-2-6)5-8(12(7)17)13(18)19/h3-4,6,8H,1-2,5H2,(H,18,19). The Labute approximate surface area is 107 Å². The molecule has 1 aromatic rings. The van der Waals surface area contributed by atoms with E-state index in [1.54, 1.807) is 0 Å². The molecule has 0 amide bonds. The van der Waals surface area contributed by atoms with Gasteiger partial charge in [-0.2, -0.15) is 0 Å². The van der Waals surface area contributed by atoms with E-state index < -0.39 is 29.3 Å². The van der Waals surface area contributed by atoms with Crippen molar-refractivity contribution < 1.29 is 23.5 Å². The van der Waals surface area contributed by atoms with E-state index in [9.17, 15) is 18.4 Å². The molecule has 1 N–H and O–H groups in total. The number of hydrogen-bond donors (Lipinski definition) is 1. The summed E-state index contributed by atoms with van der Waals surface area (Å²) in [6.07, 6.45) is 1.60. The molecule has 0 radical (unpaired) electrons. The van der Waals surface area contributed by atoms with Crippen LogP contribution in [0.15, 0.2) is 12.1 Å². The Kier molecular flexibility index (Phi) is 2.55. The maximum Gasteiger partial charge on any atom is 0.316 e. The first kappa shape index (κ1) is 12.1. The van der Waals surface area contributed by atoms with Crippen molar-refractivity contribution in [1.82, 2.24) is 0 Å². The van der Waals surface area contributed by atoms with Crippen LogP contribution in [0.5, 0.6) is 0 Å². The van der Waals surface area contributed by atoms with Crippen molar-refractivity contribution in [2.24, 2.45) is 5.92 Å². The van der Waals surface area contributed by atoms with Gasteiger partial charge in [0.15, 0.2) is 17.4 Å². The number of nitrogens with zero attached hydrogens (tertiary/aromatic N) is 1. The van der Waals surface area contributed by atoms with Gasteiger partial charge in [0, 0.05) is 18.2 Å². The van der Waals surface area contributed by atoms with E-state index >= 15 is 0 Å². The van der Waals surface area contributed by atoms with Crippen LogP contribution in [0, 0.1) is 17.6 Å². The Bertz CT molecular complexity index is 583. The second kappa shape index (κ2) is 4.01. The van der Waals surface area contributed by atoms with Crippen LogP contribution in [0.3, 0.4) is 0 Å². The summed E-state index contributed by atoms with van der Waals surface area (Å²) in [5.41, 5.74) is -0.116. The van der Waals surface area contributed by atoms with Crippen LogP contribution >= 0.6 is 0 Å². The highest BCUT2D eigenvalue weighted by atomic mass is 19.2. The molecular formula is C13H11F2NO3. The molecule has 2 aliphatic rings. The summed E-state index contributed by atoms with van der Waals surface area (Å²) in [5, 5.41) is 9.06. The zero-order chi connectivity index (χ0) is 13.7. The highest BCUT2D eigenvalue weighted by Crippen LogP contribution is 2.40. The third kappa shape index (κ3) is 1.78. The fourth-order valence-electron chi connectivity index (χ4n) is 2.49. The molecule has 0 spiro atoms. The van der Waals surface area contributed by atoms with Crippen LogP contribution in [0.25, 0.3) is 0 Å². The van der Waals surface area contributed by atoms with E-state index in [0.29, 0.717) is 0 Å². The van der Waals surface area contributed by atoms with Crippen molar-refractivity contribution in [3.63, 3.8) is 0 Å². The summed E-state index contributed by atoms with van der Waals surface area (Å²) in [6.45, 7) is -0.0911. The molecule has 0 bridgehead atoms. The molecular weight excluding hydrogens is 256 g/mol. The number of hydrogen-bond acceptors (Lipinski definition) is 3. The predicted molar refractivity (Wildman–Crippen MR) is 62.2 cm³/mol. The fourth-order valence-corrected chi connectivity index (χ4v) is 2.49. The lowest BCUT2D eigenvalue weighted by molar-refractivity contribution is -0.139. The lowest BCUT2D eigenvalue weighted by Crippen LogP contribution is -2.44. The molecule has 1 heterocycles. The number of halogens is 2. The van der Waals surface area contributed by atoms with E-state index in [1.165, 1.54) is 11.0 Å². The zero-order valence-corrected chi connectivity index (χ0v) is 9.90. The Hall–Kier alpha value is -1.98. The van der Waals surface area contributed by atoms with Gasteiger partial charge in [-0.05, 0) is 25.0 Å². The average molecular weight is 267 g/mol. The molecule has 1 saturated carbocycles. The van der Waals surface area contributed by atoms with Gasteiger partial charge in [-0.25, -0.2) is 8.78 Å². The van der Waals surface area contributed by atoms with Crippen LogP contribution in [-0.4, -0.2) is 29.4 Å². The van der Waals surface area contributed by atoms with Crippen molar-refractivity contribution in [1.29, 1.82) is 0 Å². The Morgan fingerprint density at radius 3 is 2.58 bits per heavy atom. The number of carboxylic acid groups (broad SMARTS) is 1. The first-order valence-corrected chi connectivity index (χ1v) is 6.02. The largest absolute Gasteiger partial charge is 0.481 e. The number of carboxylic acids is 1. The second-order valence-electron chi connectivity index (χ2n) is 4.90. The molecule has 0 aromatic heterocycles. The first-order chi connectivity index (χ1) is 9.00. The normalized spacial score (nSPS) is 22.3. The number of anilines is 1. The molecule has 100 valence electrons. The van der Waals surface area contributed by atoms with Gasteiger partial charge < -0.3 is 10.0 Å². The quantitative estimate of drug-likeness (QED) is 0.830. The van der Waals surface area contributed by atoms with E-state index in [2.05, 4.69) is 0 Å². The van der Waals surface area contributed by atoms with Crippen LogP contribution in [0.1, 0.15) is 23.2 Å². The Morgan fingerprint density at radius 2 is 2.00 bits per heavy atom. The molecule has 4 nitrogen and oxygen atoms in total. The molecule has 6 heteroatoms. The molecule has 3 rings (SSSR count). The second-order valence-corrected chi connectivity index (χ2v) is 4.90. The van der Waals surface area contributed by atoms with Crippen LogP contribution in [0.4, 0.5) is 14.5 Å². The number of ketones is 1. The topological polar surface area (TPSA) is 57.6 Å². The van der Waals surface area contributed by atoms with Gasteiger partial charge in [-0.1, -0.05) is 0 Å². The van der Waals surface area contributed by atoms with Crippen LogP contribution in [0.2, 0.25) is 0 Å². The van der Waals surface area contributed by atoms with Crippen molar-refractivity contribution in [3.8, 4) is 0 Å². The van der Waals surface area contributed by atoms with Gasteiger partial charge in [-0.15, -0.1) is 0 Å². The Morgan fingerprint density at radius 1 is 1.32 bits per heavy atom. The minimum absolute atomic E-state index is 0.00463. The predicted octanol–water partition coefficient (Wildman–Crippen LogP) is 1.83. The number of carbonyl (C=O) groups excluding carboxylic acids is 1. The van der Waals surface area contributed by atoms with Crippen molar-refractivity contribution in [3.05, 3.63) is 29.3 Å². The summed E-state index contributed by atoms with van der Waals surface area (Å²) in [5.74, 6) is -5.19. The van der Waals surface area contributed by atoms with Gasteiger partial charge in [0.25, 0.3) is 0 Å². The number of rotatable bonds is 2. The number of fused-ring (bicyclic) bond motifs is 1. The van der Waals surface area contributed by atoms with Gasteiger partial charge in [0.2, 0.25) is 0 Å². The highest BCUT2D eigenvalue weighted by molar-refractivity contribution is 6.13. The molecule has 1 aliphatic carbocycles. The molecule has 1 atom stereocenters. The van der Waals surface area contributed by atoms with E-state index in [-0.39, 0.29) is 23.8 Å². The lowest BCUT2D eigenvalue weighted by Gasteiger charge is -2.34. The van der Waals surface area contributed by atoms with Crippen molar-refractivity contribution in [2.75, 3.05) is 11.4 Å². The summed E-state index contributed by atoms with van der Waals surface area (Å²) in [7, 11) is 0. The molecule has 0 saturated heterocycles. The Balaban J connectivity index is 2.15. The average Bonchev–Trinajstić information content (AvgIpc) is 3.18. The minimum atomic E-state index is -1.23. The van der Waals surface area contributed by atoms with E-state index in [4.69, 9.17) is 5.11 Å². The summed E-state index contributed by atoms with van der Waals surface area (Å²) in [6, 6.07) is 2.03. The highest BCUT2D eigenvalue weighted by Gasteiger charge is 2.43.